The van der Waals surface area contributed by atoms with Crippen molar-refractivity contribution >= 4 is 5.97 Å². The zero-order valence-electron chi connectivity index (χ0n) is 9.15. The summed E-state index contributed by atoms with van der Waals surface area (Å²) in [6.07, 6.45) is 4.56. The average Bonchev–Trinajstić information content (AvgIpc) is 2.37. The first-order chi connectivity index (χ1) is 7.28. The minimum atomic E-state index is 0.0365. The van der Waals surface area contributed by atoms with Gasteiger partial charge in [-0.2, -0.15) is 0 Å². The van der Waals surface area contributed by atoms with Crippen LogP contribution in [0.15, 0.2) is 0 Å². The Morgan fingerprint density at radius 1 is 1.33 bits per heavy atom. The summed E-state index contributed by atoms with van der Waals surface area (Å²) in [6, 6.07) is 0. The smallest absolute Gasteiger partial charge is 0.309 e. The Morgan fingerprint density at radius 3 is 3.00 bits per heavy atom. The van der Waals surface area contributed by atoms with E-state index in [4.69, 9.17) is 9.47 Å². The highest BCUT2D eigenvalue weighted by Crippen LogP contribution is 2.48. The molecule has 0 aromatic heterocycles. The molecular weight excluding hydrogens is 192 g/mol. The van der Waals surface area contributed by atoms with Gasteiger partial charge in [-0.1, -0.05) is 0 Å². The van der Waals surface area contributed by atoms with Crippen LogP contribution in [0.4, 0.5) is 0 Å². The zero-order valence-corrected chi connectivity index (χ0v) is 9.15. The molecule has 84 valence electrons. The number of hydrogen-bond acceptors (Lipinski definition) is 3. The lowest BCUT2D eigenvalue weighted by molar-refractivity contribution is -0.159. The number of ether oxygens (including phenoxy) is 2. The Balaban J connectivity index is 1.87. The van der Waals surface area contributed by atoms with Crippen LogP contribution in [-0.4, -0.2) is 24.8 Å². The largest absolute Gasteiger partial charge is 0.459 e. The van der Waals surface area contributed by atoms with Crippen molar-refractivity contribution in [1.82, 2.24) is 0 Å². The lowest BCUT2D eigenvalue weighted by atomic mass is 9.67. The van der Waals surface area contributed by atoms with Crippen molar-refractivity contribution in [2.24, 2.45) is 17.8 Å². The van der Waals surface area contributed by atoms with Crippen LogP contribution in [0.3, 0.4) is 0 Å². The van der Waals surface area contributed by atoms with Crippen LogP contribution in [0.5, 0.6) is 0 Å². The third-order valence-corrected chi connectivity index (χ3v) is 4.20. The fraction of sp³-hybridized carbons (Fsp3) is 0.917. The zero-order chi connectivity index (χ0) is 10.4. The van der Waals surface area contributed by atoms with Gasteiger partial charge in [-0.25, -0.2) is 0 Å². The first-order valence-corrected chi connectivity index (χ1v) is 6.10. The van der Waals surface area contributed by atoms with E-state index in [2.05, 4.69) is 0 Å². The van der Waals surface area contributed by atoms with E-state index in [0.717, 1.165) is 25.9 Å². The second-order valence-corrected chi connectivity index (χ2v) is 5.16. The highest BCUT2D eigenvalue weighted by molar-refractivity contribution is 5.73. The molecule has 4 fully saturated rings. The van der Waals surface area contributed by atoms with Crippen molar-refractivity contribution in [3.8, 4) is 0 Å². The molecule has 5 atom stereocenters. The van der Waals surface area contributed by atoms with Crippen LogP contribution >= 0.6 is 0 Å². The molecule has 3 heteroatoms. The molecule has 2 aliphatic carbocycles. The molecule has 4 bridgehead atoms. The molecule has 3 nitrogen and oxygen atoms in total. The van der Waals surface area contributed by atoms with Crippen molar-refractivity contribution in [3.63, 3.8) is 0 Å². The molecule has 0 amide bonds. The number of fused-ring (bicyclic) bond motifs is 1. The van der Waals surface area contributed by atoms with Crippen molar-refractivity contribution in [3.05, 3.63) is 0 Å². The fourth-order valence-corrected chi connectivity index (χ4v) is 3.70. The van der Waals surface area contributed by atoms with E-state index in [1.807, 2.05) is 6.92 Å². The molecule has 2 aliphatic heterocycles. The van der Waals surface area contributed by atoms with Gasteiger partial charge in [-0.15, -0.1) is 0 Å². The monoisotopic (exact) mass is 210 g/mol. The molecule has 2 heterocycles. The van der Waals surface area contributed by atoms with Crippen molar-refractivity contribution in [2.75, 3.05) is 6.61 Å². The minimum absolute atomic E-state index is 0.0365. The maximum atomic E-state index is 11.7. The lowest BCUT2D eigenvalue weighted by Gasteiger charge is -2.41. The number of hydrogen-bond donors (Lipinski definition) is 0. The standard InChI is InChI=1S/C12H18O3/c1-2-14-11-8-3-7-4-9(6-8)12(13)15-10(11)5-7/h7-11H,2-6H2,1H3. The molecule has 4 aliphatic rings. The van der Waals surface area contributed by atoms with Crippen LogP contribution in [0.25, 0.3) is 0 Å². The Labute approximate surface area is 90.1 Å². The third-order valence-electron chi connectivity index (χ3n) is 4.20. The first-order valence-electron chi connectivity index (χ1n) is 6.10. The van der Waals surface area contributed by atoms with Gasteiger partial charge in [-0.05, 0) is 44.4 Å². The van der Waals surface area contributed by atoms with Crippen molar-refractivity contribution in [1.29, 1.82) is 0 Å². The first kappa shape index (κ1) is 9.64. The molecule has 4 rings (SSSR count). The Morgan fingerprint density at radius 2 is 2.20 bits per heavy atom. The molecule has 2 saturated heterocycles. The molecule has 5 unspecified atom stereocenters. The van der Waals surface area contributed by atoms with Crippen LogP contribution in [0.2, 0.25) is 0 Å². The second-order valence-electron chi connectivity index (χ2n) is 5.16. The quantitative estimate of drug-likeness (QED) is 0.651. The molecule has 0 aromatic carbocycles. The third kappa shape index (κ3) is 1.48. The number of esters is 1. The van der Waals surface area contributed by atoms with E-state index in [0.29, 0.717) is 11.8 Å². The SMILES string of the molecule is CCOC1C2CC3CC(C2)C(=O)OC1C3. The Kier molecular flexibility index (Phi) is 2.23. The highest BCUT2D eigenvalue weighted by atomic mass is 16.6. The van der Waals surface area contributed by atoms with Gasteiger partial charge in [0.25, 0.3) is 0 Å². The summed E-state index contributed by atoms with van der Waals surface area (Å²) in [4.78, 5) is 11.7. The van der Waals surface area contributed by atoms with E-state index in [-0.39, 0.29) is 24.1 Å². The summed E-state index contributed by atoms with van der Waals surface area (Å²) >= 11 is 0. The summed E-state index contributed by atoms with van der Waals surface area (Å²) in [5, 5.41) is 0. The van der Waals surface area contributed by atoms with Gasteiger partial charge in [0, 0.05) is 6.61 Å². The van der Waals surface area contributed by atoms with Gasteiger partial charge in [0.15, 0.2) is 0 Å². The summed E-state index contributed by atoms with van der Waals surface area (Å²) < 4.78 is 11.3. The van der Waals surface area contributed by atoms with E-state index in [1.165, 1.54) is 6.42 Å². The predicted molar refractivity (Wildman–Crippen MR) is 54.2 cm³/mol. The summed E-state index contributed by atoms with van der Waals surface area (Å²) in [5.41, 5.74) is 0. The van der Waals surface area contributed by atoms with E-state index < -0.39 is 0 Å². The van der Waals surface area contributed by atoms with E-state index >= 15 is 0 Å². The van der Waals surface area contributed by atoms with Crippen molar-refractivity contribution < 1.29 is 14.3 Å². The average molecular weight is 210 g/mol. The molecule has 0 aromatic rings. The summed E-state index contributed by atoms with van der Waals surface area (Å²) in [7, 11) is 0. The van der Waals surface area contributed by atoms with Crippen LogP contribution in [0, 0.1) is 17.8 Å². The predicted octanol–water partition coefficient (Wildman–Crippen LogP) is 1.75. The number of carbonyl (C=O) groups excluding carboxylic acids is 1. The van der Waals surface area contributed by atoms with Gasteiger partial charge in [-0.3, -0.25) is 4.79 Å². The molecule has 0 N–H and O–H groups in total. The maximum absolute atomic E-state index is 11.7. The van der Waals surface area contributed by atoms with E-state index in [1.54, 1.807) is 0 Å². The van der Waals surface area contributed by atoms with Crippen LogP contribution in [-0.2, 0) is 14.3 Å². The molecule has 0 radical (unpaired) electrons. The Bertz CT molecular complexity index is 276. The normalized spacial score (nSPS) is 47.8. The molecular formula is C12H18O3. The fourth-order valence-electron chi connectivity index (χ4n) is 3.70. The van der Waals surface area contributed by atoms with Crippen molar-refractivity contribution in [2.45, 2.75) is 44.8 Å². The van der Waals surface area contributed by atoms with Gasteiger partial charge in [0.1, 0.15) is 6.10 Å². The summed E-state index contributed by atoms with van der Waals surface area (Å²) in [6.45, 7) is 2.74. The summed E-state index contributed by atoms with van der Waals surface area (Å²) in [5.74, 6) is 1.49. The van der Waals surface area contributed by atoms with Gasteiger partial charge in [0.2, 0.25) is 0 Å². The number of carbonyl (C=O) groups is 1. The number of rotatable bonds is 2. The van der Waals surface area contributed by atoms with Gasteiger partial charge < -0.3 is 9.47 Å². The van der Waals surface area contributed by atoms with Gasteiger partial charge in [0.05, 0.1) is 12.0 Å². The molecule has 15 heavy (non-hydrogen) atoms. The van der Waals surface area contributed by atoms with Crippen LogP contribution in [0.1, 0.15) is 32.6 Å². The minimum Gasteiger partial charge on any atom is -0.459 e. The Hall–Kier alpha value is -0.570. The molecule has 0 spiro atoms. The van der Waals surface area contributed by atoms with E-state index in [9.17, 15) is 4.79 Å². The van der Waals surface area contributed by atoms with Gasteiger partial charge >= 0.3 is 5.97 Å². The maximum Gasteiger partial charge on any atom is 0.309 e. The molecule has 2 saturated carbocycles. The van der Waals surface area contributed by atoms with Crippen LogP contribution < -0.4 is 0 Å². The lowest BCUT2D eigenvalue weighted by Crippen LogP contribution is -2.44. The highest BCUT2D eigenvalue weighted by Gasteiger charge is 2.50. The topological polar surface area (TPSA) is 35.5 Å². The second kappa shape index (κ2) is 3.48.